The van der Waals surface area contributed by atoms with Gasteiger partial charge in [0.05, 0.1) is 5.02 Å². The topological polar surface area (TPSA) is 0 Å². The summed E-state index contributed by atoms with van der Waals surface area (Å²) in [4.78, 5) is 0. The minimum Gasteiger partial charge on any atom is -0.205 e. The molecule has 0 aromatic heterocycles. The zero-order valence-electron chi connectivity index (χ0n) is 21.2. The number of allylic oxidation sites excluding steroid dienone is 2. The minimum atomic E-state index is -0.191. The highest BCUT2D eigenvalue weighted by Crippen LogP contribution is 2.46. The smallest absolute Gasteiger partial charge is 0.149 e. The second-order valence-electron chi connectivity index (χ2n) is 11.5. The van der Waals surface area contributed by atoms with Crippen LogP contribution < -0.4 is 0 Å². The van der Waals surface area contributed by atoms with Crippen LogP contribution in [-0.2, 0) is 6.42 Å². The first-order valence-electron chi connectivity index (χ1n) is 14.3. The van der Waals surface area contributed by atoms with Crippen LogP contribution in [0.1, 0.15) is 121 Å². The van der Waals surface area contributed by atoms with Gasteiger partial charge in [-0.05, 0) is 111 Å². The fourth-order valence-electron chi connectivity index (χ4n) is 7.37. The Morgan fingerprint density at radius 2 is 1.45 bits per heavy atom. The molecule has 4 rings (SSSR count). The molecule has 0 amide bonds. The Morgan fingerprint density at radius 1 is 0.818 bits per heavy atom. The Morgan fingerprint density at radius 3 is 2.03 bits per heavy atom. The maximum Gasteiger partial charge on any atom is 0.149 e. The lowest BCUT2D eigenvalue weighted by atomic mass is 9.65. The number of hydrogen-bond donors (Lipinski definition) is 0. The lowest BCUT2D eigenvalue weighted by molar-refractivity contribution is 0.121. The molecule has 2 heteroatoms. The third kappa shape index (κ3) is 6.25. The molecule has 3 aliphatic rings. The van der Waals surface area contributed by atoms with Crippen molar-refractivity contribution in [3.8, 4) is 0 Å². The van der Waals surface area contributed by atoms with Gasteiger partial charge < -0.3 is 0 Å². The summed E-state index contributed by atoms with van der Waals surface area (Å²) in [5.41, 5.74) is 2.90. The number of benzene rings is 1. The van der Waals surface area contributed by atoms with Crippen molar-refractivity contribution in [2.45, 2.75) is 117 Å². The van der Waals surface area contributed by atoms with Crippen LogP contribution in [0.25, 0.3) is 5.57 Å². The van der Waals surface area contributed by atoms with Gasteiger partial charge in [-0.25, -0.2) is 4.39 Å². The molecule has 0 aliphatic heterocycles. The van der Waals surface area contributed by atoms with Crippen LogP contribution in [-0.4, -0.2) is 0 Å². The molecule has 0 N–H and O–H groups in total. The summed E-state index contributed by atoms with van der Waals surface area (Å²) in [5.74, 6) is 4.55. The zero-order valence-corrected chi connectivity index (χ0v) is 21.9. The van der Waals surface area contributed by atoms with Crippen molar-refractivity contribution >= 4 is 17.2 Å². The normalized spacial score (nSPS) is 30.8. The van der Waals surface area contributed by atoms with Crippen molar-refractivity contribution in [1.29, 1.82) is 0 Å². The average Bonchev–Trinajstić information content (AvgIpc) is 2.86. The fourth-order valence-corrected chi connectivity index (χ4v) is 7.63. The molecule has 2 saturated carbocycles. The van der Waals surface area contributed by atoms with E-state index in [2.05, 4.69) is 26.0 Å². The zero-order chi connectivity index (χ0) is 23.2. The predicted octanol–water partition coefficient (Wildman–Crippen LogP) is 10.4. The first-order chi connectivity index (χ1) is 16.1. The summed E-state index contributed by atoms with van der Waals surface area (Å²) in [6.45, 7) is 4.50. The highest BCUT2D eigenvalue weighted by Gasteiger charge is 2.33. The minimum absolute atomic E-state index is 0.191. The van der Waals surface area contributed by atoms with Gasteiger partial charge in [0.2, 0.25) is 0 Å². The third-order valence-electron chi connectivity index (χ3n) is 9.50. The SMILES string of the molecule is CCCCc1ccc(C2=CCC(C3CCC(C4CCC(CCC)CC4)CC3)CC2)c(F)c1Cl. The van der Waals surface area contributed by atoms with E-state index in [1.807, 2.05) is 6.07 Å². The quantitative estimate of drug-likeness (QED) is 0.352. The van der Waals surface area contributed by atoms with Crippen LogP contribution in [0.5, 0.6) is 0 Å². The molecule has 0 saturated heterocycles. The van der Waals surface area contributed by atoms with Gasteiger partial charge in [0, 0.05) is 5.56 Å². The molecule has 1 aromatic carbocycles. The first-order valence-corrected chi connectivity index (χ1v) is 14.6. The Balaban J connectivity index is 1.27. The number of halogens is 2. The lowest BCUT2D eigenvalue weighted by Gasteiger charge is -2.40. The number of unbranched alkanes of at least 4 members (excludes halogenated alkanes) is 1. The van der Waals surface area contributed by atoms with Crippen molar-refractivity contribution in [2.24, 2.45) is 29.6 Å². The second kappa shape index (κ2) is 12.2. The van der Waals surface area contributed by atoms with Gasteiger partial charge in [0.15, 0.2) is 0 Å². The number of rotatable bonds is 8. The van der Waals surface area contributed by atoms with E-state index in [1.165, 1.54) is 76.2 Å². The summed E-state index contributed by atoms with van der Waals surface area (Å²) < 4.78 is 15.0. The standard InChI is InChI=1S/C31H46ClF/c1-3-5-7-28-20-21-29(31(33)30(28)32)27-18-16-26(17-19-27)25-14-12-24(13-15-25)23-10-8-22(6-4-2)9-11-23/h18,20-26H,3-17,19H2,1-2H3. The van der Waals surface area contributed by atoms with Crippen molar-refractivity contribution in [1.82, 2.24) is 0 Å². The van der Waals surface area contributed by atoms with Crippen LogP contribution in [0.3, 0.4) is 0 Å². The molecule has 1 aromatic rings. The van der Waals surface area contributed by atoms with Gasteiger partial charge in [-0.15, -0.1) is 0 Å². The van der Waals surface area contributed by atoms with Gasteiger partial charge in [-0.3, -0.25) is 0 Å². The molecule has 3 aliphatic carbocycles. The fraction of sp³-hybridized carbons (Fsp3) is 0.742. The molecule has 184 valence electrons. The Kier molecular flexibility index (Phi) is 9.37. The predicted molar refractivity (Wildman–Crippen MR) is 141 cm³/mol. The molecule has 0 radical (unpaired) electrons. The van der Waals surface area contributed by atoms with E-state index in [-0.39, 0.29) is 5.82 Å². The van der Waals surface area contributed by atoms with E-state index >= 15 is 4.39 Å². The van der Waals surface area contributed by atoms with E-state index in [1.54, 1.807) is 0 Å². The van der Waals surface area contributed by atoms with Crippen molar-refractivity contribution < 1.29 is 4.39 Å². The molecule has 0 bridgehead atoms. The van der Waals surface area contributed by atoms with E-state index in [9.17, 15) is 0 Å². The highest BCUT2D eigenvalue weighted by molar-refractivity contribution is 6.31. The largest absolute Gasteiger partial charge is 0.205 e. The molecule has 33 heavy (non-hydrogen) atoms. The summed E-state index contributed by atoms with van der Waals surface area (Å²) in [7, 11) is 0. The molecule has 0 spiro atoms. The third-order valence-corrected chi connectivity index (χ3v) is 9.91. The summed E-state index contributed by atoms with van der Waals surface area (Å²) in [5, 5.41) is 0.353. The van der Waals surface area contributed by atoms with Crippen LogP contribution in [0, 0.1) is 35.4 Å². The van der Waals surface area contributed by atoms with Crippen LogP contribution >= 0.6 is 11.6 Å². The Hall–Kier alpha value is -0.820. The maximum absolute atomic E-state index is 15.0. The monoisotopic (exact) mass is 472 g/mol. The molecule has 2 fully saturated rings. The Bertz CT molecular complexity index is 780. The second-order valence-corrected chi connectivity index (χ2v) is 11.9. The summed E-state index contributed by atoms with van der Waals surface area (Å²) in [6, 6.07) is 4.04. The van der Waals surface area contributed by atoms with E-state index in [0.29, 0.717) is 5.02 Å². The lowest BCUT2D eigenvalue weighted by Crippen LogP contribution is -2.28. The number of aryl methyl sites for hydroxylation is 1. The van der Waals surface area contributed by atoms with Gasteiger partial charge in [0.25, 0.3) is 0 Å². The van der Waals surface area contributed by atoms with Gasteiger partial charge in [0.1, 0.15) is 5.82 Å². The van der Waals surface area contributed by atoms with Crippen LogP contribution in [0.15, 0.2) is 18.2 Å². The highest BCUT2D eigenvalue weighted by atomic mass is 35.5. The molecular formula is C31H46ClF. The van der Waals surface area contributed by atoms with E-state index < -0.39 is 0 Å². The van der Waals surface area contributed by atoms with Crippen LogP contribution in [0.2, 0.25) is 5.02 Å². The van der Waals surface area contributed by atoms with Crippen molar-refractivity contribution in [2.75, 3.05) is 0 Å². The first kappa shape index (κ1) is 25.3. The van der Waals surface area contributed by atoms with Gasteiger partial charge in [-0.1, -0.05) is 75.8 Å². The molecule has 0 nitrogen and oxygen atoms in total. The summed E-state index contributed by atoms with van der Waals surface area (Å²) >= 11 is 6.40. The summed E-state index contributed by atoms with van der Waals surface area (Å²) in [6.07, 6.45) is 23.3. The maximum atomic E-state index is 15.0. The molecule has 1 unspecified atom stereocenters. The van der Waals surface area contributed by atoms with Gasteiger partial charge in [-0.2, -0.15) is 0 Å². The Labute approximate surface area is 207 Å². The molecule has 1 atom stereocenters. The van der Waals surface area contributed by atoms with Crippen molar-refractivity contribution in [3.05, 3.63) is 40.2 Å². The molecule has 0 heterocycles. The van der Waals surface area contributed by atoms with E-state index in [4.69, 9.17) is 11.6 Å². The number of hydrogen-bond acceptors (Lipinski definition) is 0. The van der Waals surface area contributed by atoms with Gasteiger partial charge >= 0.3 is 0 Å². The molecular weight excluding hydrogens is 427 g/mol. The van der Waals surface area contributed by atoms with E-state index in [0.717, 1.165) is 72.8 Å². The van der Waals surface area contributed by atoms with Crippen molar-refractivity contribution in [3.63, 3.8) is 0 Å². The van der Waals surface area contributed by atoms with Crippen LogP contribution in [0.4, 0.5) is 4.39 Å². The average molecular weight is 473 g/mol.